The molecule has 13 atom stereocenters. The standard InChI is InChI=1S/C32H53F2N7O3/c1-4-13-43-17-39-11-12-40(24-16-23(24)39)30-19-15-21(34)28-26-20(33)6-5-7-22(26)35-10-14-44-25-8-9-36-27(18(2)3)29(25)41(31(19)37-28)32(42)38-30/h4,18-31,35-37H,1,5-17H2,2-3H3,(H,38,42)/t19?,20?,21?,22?,23-,24+,25?,26?,27?,28?,29?,30?,31?/m0/s1. The Labute approximate surface area is 261 Å². The molecule has 2 bridgehead atoms. The number of piperidine rings is 2. The summed E-state index contributed by atoms with van der Waals surface area (Å²) in [4.78, 5) is 21.2. The second-order valence-corrected chi connectivity index (χ2v) is 14.6. The van der Waals surface area contributed by atoms with E-state index in [9.17, 15) is 4.79 Å². The molecule has 10 nitrogen and oxygen atoms in total. The maximum atomic E-state index is 16.6. The van der Waals surface area contributed by atoms with E-state index in [4.69, 9.17) is 9.47 Å². The number of hydrogen-bond donors (Lipinski definition) is 4. The van der Waals surface area contributed by atoms with Crippen LogP contribution in [0.3, 0.4) is 0 Å². The van der Waals surface area contributed by atoms with Crippen molar-refractivity contribution in [3.8, 4) is 0 Å². The third kappa shape index (κ3) is 5.71. The topological polar surface area (TPSA) is 93.4 Å². The lowest BCUT2D eigenvalue weighted by Gasteiger charge is -2.59. The zero-order valence-corrected chi connectivity index (χ0v) is 26.4. The minimum atomic E-state index is -1.20. The Balaban J connectivity index is 1.21. The predicted octanol–water partition coefficient (Wildman–Crippen LogP) is 1.78. The number of hydrogen-bond acceptors (Lipinski definition) is 8. The van der Waals surface area contributed by atoms with Gasteiger partial charge in [-0.2, -0.15) is 0 Å². The number of nitrogens with one attached hydrogen (secondary N) is 4. The fourth-order valence-corrected chi connectivity index (χ4v) is 9.65. The Hall–Kier alpha value is -1.41. The number of piperazine rings is 1. The van der Waals surface area contributed by atoms with E-state index >= 15 is 8.78 Å². The minimum absolute atomic E-state index is 0.0271. The Morgan fingerprint density at radius 1 is 1.07 bits per heavy atom. The van der Waals surface area contributed by atoms with Crippen molar-refractivity contribution in [2.45, 2.75) is 119 Å². The van der Waals surface area contributed by atoms with Gasteiger partial charge in [0.15, 0.2) is 0 Å². The van der Waals surface area contributed by atoms with Gasteiger partial charge in [-0.15, -0.1) is 6.58 Å². The number of carbonyl (C=O) groups is 1. The van der Waals surface area contributed by atoms with Crippen LogP contribution in [0.1, 0.15) is 52.4 Å². The lowest BCUT2D eigenvalue weighted by atomic mass is 9.72. The van der Waals surface area contributed by atoms with Crippen LogP contribution in [0.5, 0.6) is 0 Å². The van der Waals surface area contributed by atoms with Crippen molar-refractivity contribution in [2.75, 3.05) is 46.1 Å². The molecule has 2 saturated carbocycles. The second kappa shape index (κ2) is 13.0. The first-order valence-corrected chi connectivity index (χ1v) is 17.3. The van der Waals surface area contributed by atoms with Crippen LogP contribution in [-0.4, -0.2) is 134 Å². The summed E-state index contributed by atoms with van der Waals surface area (Å²) in [5.41, 5.74) is 0. The van der Waals surface area contributed by atoms with E-state index in [1.165, 1.54) is 0 Å². The van der Waals surface area contributed by atoms with Crippen LogP contribution in [-0.2, 0) is 9.47 Å². The highest BCUT2D eigenvalue weighted by atomic mass is 19.1. The highest BCUT2D eigenvalue weighted by Crippen LogP contribution is 2.45. The number of halogens is 2. The molecule has 4 N–H and O–H groups in total. The van der Waals surface area contributed by atoms with Gasteiger partial charge in [0.25, 0.3) is 0 Å². The van der Waals surface area contributed by atoms with Gasteiger partial charge in [-0.25, -0.2) is 13.6 Å². The summed E-state index contributed by atoms with van der Waals surface area (Å²) in [5, 5.41) is 14.3. The second-order valence-electron chi connectivity index (χ2n) is 14.6. The Kier molecular flexibility index (Phi) is 9.22. The van der Waals surface area contributed by atoms with Gasteiger partial charge in [-0.05, 0) is 51.0 Å². The average molecular weight is 622 g/mol. The lowest BCUT2D eigenvalue weighted by molar-refractivity contribution is -0.117. The van der Waals surface area contributed by atoms with Crippen LogP contribution in [0, 0.1) is 17.8 Å². The molecule has 5 heterocycles. The summed E-state index contributed by atoms with van der Waals surface area (Å²) in [6.45, 7) is 12.7. The van der Waals surface area contributed by atoms with Gasteiger partial charge in [0, 0.05) is 61.7 Å². The molecule has 5 saturated heterocycles. The maximum Gasteiger partial charge on any atom is 0.320 e. The molecule has 2 aliphatic carbocycles. The summed E-state index contributed by atoms with van der Waals surface area (Å²) in [6, 6.07) is -0.430. The SMILES string of the molecule is C=CCOCN1CCN(C2NC(=O)N3C4NC(C(F)CC42)C2C(F)CCCC2NCCOC2CCNC(C(C)C)C23)[C@@H]2C[C@@H]21. The molecule has 0 aromatic rings. The number of rotatable bonds is 6. The van der Waals surface area contributed by atoms with Crippen molar-refractivity contribution in [3.05, 3.63) is 12.7 Å². The molecule has 5 aliphatic heterocycles. The molecule has 11 unspecified atom stereocenters. The van der Waals surface area contributed by atoms with E-state index in [-0.39, 0.29) is 54.7 Å². The molecular weight excluding hydrogens is 568 g/mol. The van der Waals surface area contributed by atoms with Crippen molar-refractivity contribution >= 4 is 6.03 Å². The zero-order valence-electron chi connectivity index (χ0n) is 26.4. The Morgan fingerprint density at radius 3 is 2.75 bits per heavy atom. The predicted molar refractivity (Wildman–Crippen MR) is 163 cm³/mol. The minimum Gasteiger partial charge on any atom is -0.375 e. The quantitative estimate of drug-likeness (QED) is 0.264. The summed E-state index contributed by atoms with van der Waals surface area (Å²) < 4.78 is 44.7. The number of amides is 2. The van der Waals surface area contributed by atoms with Gasteiger partial charge < -0.3 is 30.3 Å². The number of fused-ring (bicyclic) bond motifs is 6. The van der Waals surface area contributed by atoms with Crippen LogP contribution in [0.2, 0.25) is 0 Å². The zero-order chi connectivity index (χ0) is 30.5. The molecule has 248 valence electrons. The first-order chi connectivity index (χ1) is 21.4. The fourth-order valence-electron chi connectivity index (χ4n) is 9.65. The van der Waals surface area contributed by atoms with Gasteiger partial charge in [0.05, 0.1) is 44.4 Å². The normalized spacial score (nSPS) is 46.5. The van der Waals surface area contributed by atoms with Crippen molar-refractivity contribution < 1.29 is 23.0 Å². The largest absolute Gasteiger partial charge is 0.375 e. The number of ether oxygens (including phenoxy) is 2. The molecule has 7 aliphatic rings. The third-order valence-electron chi connectivity index (χ3n) is 11.7. The van der Waals surface area contributed by atoms with E-state index in [1.54, 1.807) is 6.08 Å². The Bertz CT molecular complexity index is 1040. The smallest absolute Gasteiger partial charge is 0.320 e. The van der Waals surface area contributed by atoms with Gasteiger partial charge in [-0.3, -0.25) is 15.1 Å². The van der Waals surface area contributed by atoms with Crippen molar-refractivity contribution in [2.24, 2.45) is 17.8 Å². The van der Waals surface area contributed by atoms with Crippen molar-refractivity contribution in [1.82, 2.24) is 36.0 Å². The molecule has 7 fully saturated rings. The summed E-state index contributed by atoms with van der Waals surface area (Å²) in [6.07, 6.45) is 2.81. The van der Waals surface area contributed by atoms with E-state index in [0.717, 1.165) is 45.3 Å². The average Bonchev–Trinajstić information content (AvgIpc) is 3.81. The molecule has 7 rings (SSSR count). The number of nitrogens with zero attached hydrogens (tertiary/aromatic N) is 3. The van der Waals surface area contributed by atoms with Crippen LogP contribution < -0.4 is 21.3 Å². The van der Waals surface area contributed by atoms with Crippen LogP contribution in [0.4, 0.5) is 13.6 Å². The van der Waals surface area contributed by atoms with Gasteiger partial charge in [0.1, 0.15) is 12.3 Å². The first-order valence-electron chi connectivity index (χ1n) is 17.3. The summed E-state index contributed by atoms with van der Waals surface area (Å²) in [5.74, 6) is -0.413. The van der Waals surface area contributed by atoms with Gasteiger partial charge >= 0.3 is 6.03 Å². The molecule has 44 heavy (non-hydrogen) atoms. The van der Waals surface area contributed by atoms with Gasteiger partial charge in [-0.1, -0.05) is 19.9 Å². The number of urea groups is 1. The Morgan fingerprint density at radius 2 is 1.93 bits per heavy atom. The van der Waals surface area contributed by atoms with E-state index in [2.05, 4.69) is 51.5 Å². The number of carbonyl (C=O) groups excluding carboxylic acids is 1. The molecule has 0 spiro atoms. The molecular formula is C32H53F2N7O3. The highest BCUT2D eigenvalue weighted by molar-refractivity contribution is 5.76. The monoisotopic (exact) mass is 621 g/mol. The van der Waals surface area contributed by atoms with E-state index in [0.29, 0.717) is 45.0 Å². The molecule has 0 aromatic carbocycles. The third-order valence-corrected chi connectivity index (χ3v) is 11.7. The summed E-state index contributed by atoms with van der Waals surface area (Å²) in [7, 11) is 0. The van der Waals surface area contributed by atoms with Gasteiger partial charge in [0.2, 0.25) is 0 Å². The highest BCUT2D eigenvalue weighted by Gasteiger charge is 2.60. The maximum absolute atomic E-state index is 16.6. The molecule has 0 aromatic heterocycles. The van der Waals surface area contributed by atoms with Crippen LogP contribution in [0.25, 0.3) is 0 Å². The molecule has 12 heteroatoms. The van der Waals surface area contributed by atoms with Crippen LogP contribution in [0.15, 0.2) is 12.7 Å². The first kappa shape index (κ1) is 31.2. The molecule has 2 amide bonds. The van der Waals surface area contributed by atoms with Crippen LogP contribution >= 0.6 is 0 Å². The fraction of sp³-hybridized carbons (Fsp3) is 0.906. The lowest BCUT2D eigenvalue weighted by Crippen LogP contribution is -2.80. The molecule has 0 radical (unpaired) electrons. The van der Waals surface area contributed by atoms with Crippen molar-refractivity contribution in [1.29, 1.82) is 0 Å². The summed E-state index contributed by atoms with van der Waals surface area (Å²) >= 11 is 0. The number of alkyl halides is 2. The van der Waals surface area contributed by atoms with E-state index in [1.807, 2.05) is 4.90 Å². The van der Waals surface area contributed by atoms with Crippen molar-refractivity contribution in [3.63, 3.8) is 0 Å². The van der Waals surface area contributed by atoms with E-state index < -0.39 is 30.5 Å².